The Bertz CT molecular complexity index is 884. The number of benzene rings is 2. The van der Waals surface area contributed by atoms with Gasteiger partial charge in [0.15, 0.2) is 5.69 Å². The number of carbonyl (C=O) groups is 1. The maximum atomic E-state index is 12.4. The lowest BCUT2D eigenvalue weighted by Gasteiger charge is -2.05. The molecular weight excluding hydrogens is 312 g/mol. The highest BCUT2D eigenvalue weighted by Gasteiger charge is 2.16. The van der Waals surface area contributed by atoms with Gasteiger partial charge in [-0.05, 0) is 44.4 Å². The van der Waals surface area contributed by atoms with Crippen LogP contribution in [0, 0.1) is 20.8 Å². The summed E-state index contributed by atoms with van der Waals surface area (Å²) in [5.41, 5.74) is 5.33. The molecule has 0 fully saturated rings. The van der Waals surface area contributed by atoms with Gasteiger partial charge in [0.25, 0.3) is 5.91 Å². The van der Waals surface area contributed by atoms with Gasteiger partial charge >= 0.3 is 0 Å². The van der Waals surface area contributed by atoms with Crippen molar-refractivity contribution in [3.8, 4) is 5.69 Å². The van der Waals surface area contributed by atoms with Crippen LogP contribution in [0.4, 0.5) is 0 Å². The van der Waals surface area contributed by atoms with Gasteiger partial charge in [-0.15, -0.1) is 5.10 Å². The average Bonchev–Trinajstić information content (AvgIpc) is 2.97. The monoisotopic (exact) mass is 334 g/mol. The Kier molecular flexibility index (Phi) is 4.93. The number of amides is 1. The lowest BCUT2D eigenvalue weighted by Crippen LogP contribution is -2.26. The quantitative estimate of drug-likeness (QED) is 0.780. The SMILES string of the molecule is Cc1ccc(-n2nc(C)c(C(=O)NCCc3ccccc3)n2)c(C)c1. The zero-order chi connectivity index (χ0) is 17.8. The predicted molar refractivity (Wildman–Crippen MR) is 98.0 cm³/mol. The average molecular weight is 334 g/mol. The van der Waals surface area contributed by atoms with Gasteiger partial charge in [-0.3, -0.25) is 4.79 Å². The summed E-state index contributed by atoms with van der Waals surface area (Å²) in [5, 5.41) is 11.7. The summed E-state index contributed by atoms with van der Waals surface area (Å²) >= 11 is 0. The summed E-state index contributed by atoms with van der Waals surface area (Å²) in [6.45, 7) is 6.43. The van der Waals surface area contributed by atoms with Crippen molar-refractivity contribution < 1.29 is 4.79 Å². The molecule has 128 valence electrons. The van der Waals surface area contributed by atoms with Crippen molar-refractivity contribution in [1.82, 2.24) is 20.3 Å². The maximum Gasteiger partial charge on any atom is 0.273 e. The van der Waals surface area contributed by atoms with Crippen LogP contribution in [-0.2, 0) is 6.42 Å². The number of aromatic nitrogens is 3. The third kappa shape index (κ3) is 3.94. The standard InChI is InChI=1S/C20H22N4O/c1-14-9-10-18(15(2)13-14)24-22-16(3)19(23-24)20(25)21-12-11-17-7-5-4-6-8-17/h4-10,13H,11-12H2,1-3H3,(H,21,25). The van der Waals surface area contributed by atoms with Crippen LogP contribution in [0.3, 0.4) is 0 Å². The number of hydrogen-bond acceptors (Lipinski definition) is 3. The van der Waals surface area contributed by atoms with E-state index >= 15 is 0 Å². The number of hydrogen-bond donors (Lipinski definition) is 1. The molecule has 3 rings (SSSR count). The van der Waals surface area contributed by atoms with Crippen LogP contribution in [0.2, 0.25) is 0 Å². The Morgan fingerprint density at radius 3 is 2.52 bits per heavy atom. The van der Waals surface area contributed by atoms with E-state index in [0.29, 0.717) is 17.9 Å². The minimum Gasteiger partial charge on any atom is -0.350 e. The lowest BCUT2D eigenvalue weighted by atomic mass is 10.1. The van der Waals surface area contributed by atoms with Crippen LogP contribution in [0.5, 0.6) is 0 Å². The molecule has 0 saturated heterocycles. The van der Waals surface area contributed by atoms with Crippen molar-refractivity contribution in [3.05, 3.63) is 76.6 Å². The first-order valence-corrected chi connectivity index (χ1v) is 8.38. The van der Waals surface area contributed by atoms with Gasteiger partial charge in [0.1, 0.15) is 0 Å². The first kappa shape index (κ1) is 16.9. The zero-order valence-electron chi connectivity index (χ0n) is 14.8. The summed E-state index contributed by atoms with van der Waals surface area (Å²) in [7, 11) is 0. The zero-order valence-corrected chi connectivity index (χ0v) is 14.8. The maximum absolute atomic E-state index is 12.4. The number of nitrogens with zero attached hydrogens (tertiary/aromatic N) is 3. The molecule has 1 aromatic heterocycles. The van der Waals surface area contributed by atoms with E-state index in [9.17, 15) is 4.79 Å². The fourth-order valence-corrected chi connectivity index (χ4v) is 2.77. The van der Waals surface area contributed by atoms with E-state index in [1.54, 1.807) is 6.92 Å². The molecule has 25 heavy (non-hydrogen) atoms. The fraction of sp³-hybridized carbons (Fsp3) is 0.250. The molecule has 0 spiro atoms. The third-order valence-electron chi connectivity index (χ3n) is 4.11. The largest absolute Gasteiger partial charge is 0.350 e. The highest BCUT2D eigenvalue weighted by atomic mass is 16.2. The normalized spacial score (nSPS) is 10.7. The summed E-state index contributed by atoms with van der Waals surface area (Å²) in [6.07, 6.45) is 0.789. The minimum absolute atomic E-state index is 0.190. The third-order valence-corrected chi connectivity index (χ3v) is 4.11. The Morgan fingerprint density at radius 2 is 1.80 bits per heavy atom. The van der Waals surface area contributed by atoms with Gasteiger partial charge in [0, 0.05) is 6.54 Å². The second kappa shape index (κ2) is 7.30. The van der Waals surface area contributed by atoms with Gasteiger partial charge in [-0.2, -0.15) is 9.90 Å². The Balaban J connectivity index is 1.70. The summed E-state index contributed by atoms with van der Waals surface area (Å²) in [5.74, 6) is -0.190. The highest BCUT2D eigenvalue weighted by Crippen LogP contribution is 2.15. The van der Waals surface area contributed by atoms with Gasteiger partial charge < -0.3 is 5.32 Å². The molecule has 1 amide bonds. The summed E-state index contributed by atoms with van der Waals surface area (Å²) in [6, 6.07) is 16.1. The molecule has 1 N–H and O–H groups in total. The summed E-state index contributed by atoms with van der Waals surface area (Å²) in [4.78, 5) is 14.0. The van der Waals surface area contributed by atoms with E-state index in [0.717, 1.165) is 17.7 Å². The molecule has 3 aromatic rings. The van der Waals surface area contributed by atoms with Crippen LogP contribution >= 0.6 is 0 Å². The van der Waals surface area contributed by atoms with Gasteiger partial charge in [0.2, 0.25) is 0 Å². The second-order valence-electron chi connectivity index (χ2n) is 6.20. The Morgan fingerprint density at radius 1 is 1.04 bits per heavy atom. The van der Waals surface area contributed by atoms with E-state index in [4.69, 9.17) is 0 Å². The smallest absolute Gasteiger partial charge is 0.273 e. The van der Waals surface area contributed by atoms with Crippen LogP contribution in [0.15, 0.2) is 48.5 Å². The van der Waals surface area contributed by atoms with Crippen LogP contribution in [-0.4, -0.2) is 27.4 Å². The minimum atomic E-state index is -0.190. The van der Waals surface area contributed by atoms with Crippen molar-refractivity contribution in [2.75, 3.05) is 6.54 Å². The molecule has 0 bridgehead atoms. The van der Waals surface area contributed by atoms with Crippen molar-refractivity contribution in [3.63, 3.8) is 0 Å². The Hall–Kier alpha value is -2.95. The molecule has 1 heterocycles. The molecule has 5 nitrogen and oxygen atoms in total. The molecule has 0 unspecified atom stereocenters. The van der Waals surface area contributed by atoms with Gasteiger partial charge in [-0.25, -0.2) is 0 Å². The molecule has 5 heteroatoms. The van der Waals surface area contributed by atoms with Gasteiger partial charge in [-0.1, -0.05) is 48.0 Å². The molecule has 0 radical (unpaired) electrons. The molecule has 2 aromatic carbocycles. The molecule has 0 aliphatic rings. The molecular formula is C20H22N4O. The van der Waals surface area contributed by atoms with Crippen molar-refractivity contribution in [2.24, 2.45) is 0 Å². The number of rotatable bonds is 5. The number of nitrogens with one attached hydrogen (secondary N) is 1. The highest BCUT2D eigenvalue weighted by molar-refractivity contribution is 5.93. The Labute approximate surface area is 147 Å². The van der Waals surface area contributed by atoms with Crippen LogP contribution in [0.1, 0.15) is 32.9 Å². The van der Waals surface area contributed by atoms with Gasteiger partial charge in [0.05, 0.1) is 11.4 Å². The molecule has 0 aliphatic heterocycles. The van der Waals surface area contributed by atoms with E-state index in [-0.39, 0.29) is 5.91 Å². The first-order valence-electron chi connectivity index (χ1n) is 8.38. The van der Waals surface area contributed by atoms with E-state index in [1.165, 1.54) is 15.9 Å². The van der Waals surface area contributed by atoms with Crippen LogP contribution in [0.25, 0.3) is 5.69 Å². The van der Waals surface area contributed by atoms with Crippen molar-refractivity contribution >= 4 is 5.91 Å². The summed E-state index contributed by atoms with van der Waals surface area (Å²) < 4.78 is 0. The topological polar surface area (TPSA) is 59.8 Å². The first-order chi connectivity index (χ1) is 12.0. The van der Waals surface area contributed by atoms with Crippen LogP contribution < -0.4 is 5.32 Å². The number of aryl methyl sites for hydroxylation is 3. The second-order valence-corrected chi connectivity index (χ2v) is 6.20. The van der Waals surface area contributed by atoms with E-state index < -0.39 is 0 Å². The molecule has 0 atom stereocenters. The molecule has 0 aliphatic carbocycles. The van der Waals surface area contributed by atoms with Crippen molar-refractivity contribution in [1.29, 1.82) is 0 Å². The fourth-order valence-electron chi connectivity index (χ4n) is 2.77. The predicted octanol–water partition coefficient (Wildman–Crippen LogP) is 3.17. The van der Waals surface area contributed by atoms with E-state index in [2.05, 4.69) is 21.6 Å². The van der Waals surface area contributed by atoms with Crippen molar-refractivity contribution in [2.45, 2.75) is 27.2 Å². The van der Waals surface area contributed by atoms with E-state index in [1.807, 2.05) is 56.3 Å². The molecule has 0 saturated carbocycles. The lowest BCUT2D eigenvalue weighted by molar-refractivity contribution is 0.0948. The number of carbonyl (C=O) groups excluding carboxylic acids is 1.